The number of fused-ring (bicyclic) bond motifs is 1. The maximum absolute atomic E-state index is 13.0. The molecule has 4 amide bonds. The highest BCUT2D eigenvalue weighted by Gasteiger charge is 2.49. The second-order valence-corrected chi connectivity index (χ2v) is 8.23. The van der Waals surface area contributed by atoms with E-state index in [2.05, 4.69) is 26.6 Å². The number of carbonyl (C=O) groups excluding carboxylic acids is 4. The number of amides is 4. The minimum absolute atomic E-state index is 0.0146. The maximum Gasteiger partial charge on any atom is 0.325 e. The molecule has 2 heterocycles. The average Bonchev–Trinajstić information content (AvgIpc) is 3.25. The molecule has 2 aliphatic heterocycles. The highest BCUT2D eigenvalue weighted by molar-refractivity contribution is 9.10. The molecule has 0 bridgehead atoms. The first kappa shape index (κ1) is 20.9. The van der Waals surface area contributed by atoms with Gasteiger partial charge >= 0.3 is 6.03 Å². The Morgan fingerprint density at radius 2 is 1.90 bits per heavy atom. The van der Waals surface area contributed by atoms with E-state index in [-0.39, 0.29) is 23.8 Å². The number of hydrogen-bond acceptors (Lipinski definition) is 6. The van der Waals surface area contributed by atoms with Gasteiger partial charge in [-0.25, -0.2) is 4.79 Å². The third-order valence-corrected chi connectivity index (χ3v) is 5.64. The van der Waals surface area contributed by atoms with Gasteiger partial charge in [-0.15, -0.1) is 0 Å². The van der Waals surface area contributed by atoms with Gasteiger partial charge in [0, 0.05) is 16.1 Å². The third-order valence-electron chi connectivity index (χ3n) is 5.14. The molecule has 2 aliphatic rings. The van der Waals surface area contributed by atoms with Crippen LogP contribution >= 0.6 is 15.9 Å². The predicted molar refractivity (Wildman–Crippen MR) is 113 cm³/mol. The summed E-state index contributed by atoms with van der Waals surface area (Å²) in [5.74, 6) is -0.683. The average molecular weight is 488 g/mol. The van der Waals surface area contributed by atoms with Crippen molar-refractivity contribution in [2.45, 2.75) is 19.4 Å². The zero-order valence-corrected chi connectivity index (χ0v) is 18.2. The lowest BCUT2D eigenvalue weighted by Gasteiger charge is -2.22. The van der Waals surface area contributed by atoms with E-state index < -0.39 is 29.9 Å². The first-order valence-electron chi connectivity index (χ1n) is 9.33. The van der Waals surface area contributed by atoms with Gasteiger partial charge in [0.15, 0.2) is 17.3 Å². The van der Waals surface area contributed by atoms with Crippen LogP contribution in [0.5, 0.6) is 11.5 Å². The predicted octanol–water partition coefficient (Wildman–Crippen LogP) is 2.79. The number of hydrogen-bond donors (Lipinski definition) is 2. The Morgan fingerprint density at radius 3 is 2.58 bits per heavy atom. The number of anilines is 1. The summed E-state index contributed by atoms with van der Waals surface area (Å²) in [5, 5.41) is 5.24. The lowest BCUT2D eigenvalue weighted by Crippen LogP contribution is -2.42. The lowest BCUT2D eigenvalue weighted by molar-refractivity contribution is -0.133. The largest absolute Gasteiger partial charge is 0.454 e. The zero-order chi connectivity index (χ0) is 22.3. The molecule has 4 rings (SSSR count). The summed E-state index contributed by atoms with van der Waals surface area (Å²) in [6.07, 6.45) is 0. The van der Waals surface area contributed by atoms with E-state index in [1.54, 1.807) is 31.2 Å². The molecule has 0 aliphatic carbocycles. The first-order chi connectivity index (χ1) is 14.7. The molecule has 0 aromatic heterocycles. The molecule has 0 radical (unpaired) electrons. The number of nitrogens with zero attached hydrogens (tertiary/aromatic N) is 1. The Labute approximate surface area is 185 Å². The number of carbonyl (C=O) groups is 4. The zero-order valence-electron chi connectivity index (χ0n) is 16.7. The van der Waals surface area contributed by atoms with Crippen molar-refractivity contribution in [1.82, 2.24) is 10.2 Å². The fraction of sp³-hybridized carbons (Fsp3) is 0.238. The van der Waals surface area contributed by atoms with Crippen LogP contribution in [0.2, 0.25) is 0 Å². The van der Waals surface area contributed by atoms with Gasteiger partial charge in [-0.2, -0.15) is 0 Å². The number of ether oxygens (including phenoxy) is 2. The number of rotatable bonds is 5. The van der Waals surface area contributed by atoms with Crippen LogP contribution in [0.3, 0.4) is 0 Å². The van der Waals surface area contributed by atoms with Crippen LogP contribution in [0.15, 0.2) is 40.9 Å². The highest BCUT2D eigenvalue weighted by atomic mass is 79.9. The second-order valence-electron chi connectivity index (χ2n) is 7.31. The third kappa shape index (κ3) is 3.74. The molecule has 2 N–H and O–H groups in total. The monoisotopic (exact) mass is 487 g/mol. The molecule has 10 heteroatoms. The van der Waals surface area contributed by atoms with Crippen LogP contribution in [-0.2, 0) is 15.1 Å². The van der Waals surface area contributed by atoms with Gasteiger partial charge in [-0.3, -0.25) is 19.3 Å². The number of halogens is 1. The topological polar surface area (TPSA) is 114 Å². The Hall–Kier alpha value is -3.40. The van der Waals surface area contributed by atoms with E-state index in [1.165, 1.54) is 19.1 Å². The van der Waals surface area contributed by atoms with Crippen molar-refractivity contribution in [3.63, 3.8) is 0 Å². The summed E-state index contributed by atoms with van der Waals surface area (Å²) in [5.41, 5.74) is -0.278. The van der Waals surface area contributed by atoms with E-state index in [0.29, 0.717) is 17.1 Å². The molecule has 31 heavy (non-hydrogen) atoms. The Morgan fingerprint density at radius 1 is 1.19 bits per heavy atom. The van der Waals surface area contributed by atoms with Gasteiger partial charge in [0.2, 0.25) is 12.7 Å². The SMILES string of the molecule is CC(=O)c1cc2c(cc1NC(=O)CN1C(=O)N[C@](C)(c3cccc(Br)c3)C1=O)OCO2. The molecular formula is C21H18BrN3O6. The van der Waals surface area contributed by atoms with Crippen molar-refractivity contribution in [3.05, 3.63) is 52.0 Å². The van der Waals surface area contributed by atoms with Gasteiger partial charge in [0.25, 0.3) is 5.91 Å². The molecule has 0 unspecified atom stereocenters. The summed E-state index contributed by atoms with van der Waals surface area (Å²) < 4.78 is 11.3. The normalized spacial score (nSPS) is 19.4. The summed E-state index contributed by atoms with van der Waals surface area (Å²) in [4.78, 5) is 51.0. The number of Topliss-reactive ketones (excluding diaryl/α,β-unsaturated/α-hetero) is 1. The number of nitrogens with one attached hydrogen (secondary N) is 2. The van der Waals surface area contributed by atoms with Gasteiger partial charge in [0.05, 0.1) is 5.69 Å². The van der Waals surface area contributed by atoms with E-state index in [0.717, 1.165) is 9.37 Å². The van der Waals surface area contributed by atoms with Crippen molar-refractivity contribution in [2.75, 3.05) is 18.7 Å². The fourth-order valence-corrected chi connectivity index (χ4v) is 3.90. The standard InChI is InChI=1S/C21H18BrN3O6/c1-11(26)14-7-16-17(31-10-30-16)8-15(14)23-18(27)9-25-19(28)21(2,24-20(25)29)12-4-3-5-13(22)6-12/h3-8H,9-10H2,1-2H3,(H,23,27)(H,24,29)/t21-/m1/s1. The van der Waals surface area contributed by atoms with Gasteiger partial charge in [-0.05, 0) is 37.6 Å². The van der Waals surface area contributed by atoms with Gasteiger partial charge < -0.3 is 20.1 Å². The van der Waals surface area contributed by atoms with E-state index in [1.807, 2.05) is 0 Å². The molecule has 1 saturated heterocycles. The molecule has 2 aromatic carbocycles. The smallest absolute Gasteiger partial charge is 0.325 e. The summed E-state index contributed by atoms with van der Waals surface area (Å²) >= 11 is 3.35. The van der Waals surface area contributed by atoms with Crippen LogP contribution in [-0.4, -0.2) is 41.9 Å². The van der Waals surface area contributed by atoms with Gasteiger partial charge in [-0.1, -0.05) is 28.1 Å². The highest BCUT2D eigenvalue weighted by Crippen LogP contribution is 2.37. The van der Waals surface area contributed by atoms with Crippen molar-refractivity contribution in [2.24, 2.45) is 0 Å². The van der Waals surface area contributed by atoms with Crippen LogP contribution in [0.25, 0.3) is 0 Å². The molecule has 1 fully saturated rings. The van der Waals surface area contributed by atoms with Crippen molar-refractivity contribution >= 4 is 45.2 Å². The molecule has 160 valence electrons. The van der Waals surface area contributed by atoms with E-state index >= 15 is 0 Å². The van der Waals surface area contributed by atoms with E-state index in [4.69, 9.17) is 9.47 Å². The maximum atomic E-state index is 13.0. The van der Waals surface area contributed by atoms with Crippen molar-refractivity contribution in [3.8, 4) is 11.5 Å². The van der Waals surface area contributed by atoms with Crippen LogP contribution in [0.4, 0.5) is 10.5 Å². The van der Waals surface area contributed by atoms with Crippen LogP contribution in [0.1, 0.15) is 29.8 Å². The van der Waals surface area contributed by atoms with Crippen molar-refractivity contribution in [1.29, 1.82) is 0 Å². The number of benzene rings is 2. The van der Waals surface area contributed by atoms with E-state index in [9.17, 15) is 19.2 Å². The lowest BCUT2D eigenvalue weighted by atomic mass is 9.92. The minimum atomic E-state index is -1.30. The molecule has 2 aromatic rings. The molecule has 1 atom stereocenters. The summed E-state index contributed by atoms with van der Waals surface area (Å²) in [7, 11) is 0. The summed E-state index contributed by atoms with van der Waals surface area (Å²) in [6.45, 7) is 2.44. The Bertz CT molecular complexity index is 1130. The number of imide groups is 1. The number of urea groups is 1. The Balaban J connectivity index is 1.54. The quantitative estimate of drug-likeness (QED) is 0.495. The molecule has 0 spiro atoms. The molecule has 9 nitrogen and oxygen atoms in total. The van der Waals surface area contributed by atoms with Crippen LogP contribution in [0, 0.1) is 0 Å². The van der Waals surface area contributed by atoms with Crippen LogP contribution < -0.4 is 20.1 Å². The number of ketones is 1. The fourth-order valence-electron chi connectivity index (χ4n) is 3.51. The summed E-state index contributed by atoms with van der Waals surface area (Å²) in [6, 6.07) is 9.29. The first-order valence-corrected chi connectivity index (χ1v) is 10.1. The van der Waals surface area contributed by atoms with Gasteiger partial charge in [0.1, 0.15) is 12.1 Å². The molecular weight excluding hydrogens is 470 g/mol. The van der Waals surface area contributed by atoms with Crippen molar-refractivity contribution < 1.29 is 28.7 Å². The Kier molecular flexibility index (Phi) is 5.18. The minimum Gasteiger partial charge on any atom is -0.454 e. The second kappa shape index (κ2) is 7.69. The molecule has 0 saturated carbocycles.